The Bertz CT molecular complexity index is 281. The topological polar surface area (TPSA) is 3.24 Å². The van der Waals surface area contributed by atoms with Crippen LogP contribution in [0.25, 0.3) is 0 Å². The largest absolute Gasteiger partial charge is 0.306 e. The van der Waals surface area contributed by atoms with Gasteiger partial charge in [0.15, 0.2) is 0 Å². The molecular formula is C17H29N. The average Bonchev–Trinajstić information content (AvgIpc) is 2.41. The van der Waals surface area contributed by atoms with Crippen LogP contribution in [0.3, 0.4) is 0 Å². The average molecular weight is 247 g/mol. The van der Waals surface area contributed by atoms with Gasteiger partial charge in [-0.1, -0.05) is 56.5 Å². The van der Waals surface area contributed by atoms with Crippen molar-refractivity contribution in [2.24, 2.45) is 0 Å². The third-order valence-electron chi connectivity index (χ3n) is 3.49. The van der Waals surface area contributed by atoms with Crippen LogP contribution >= 0.6 is 0 Å². The van der Waals surface area contributed by atoms with Gasteiger partial charge in [-0.25, -0.2) is 0 Å². The summed E-state index contributed by atoms with van der Waals surface area (Å²) in [5.74, 6) is 0. The Kier molecular flexibility index (Phi) is 8.58. The molecule has 0 aliphatic heterocycles. The molecule has 1 heteroatoms. The van der Waals surface area contributed by atoms with Crippen LogP contribution in [0.15, 0.2) is 30.3 Å². The predicted octanol–water partition coefficient (Wildman–Crippen LogP) is 4.52. The van der Waals surface area contributed by atoms with E-state index in [1.807, 2.05) is 0 Å². The molecule has 0 bridgehead atoms. The van der Waals surface area contributed by atoms with Gasteiger partial charge in [-0.05, 0) is 51.4 Å². The quantitative estimate of drug-likeness (QED) is 0.549. The highest BCUT2D eigenvalue weighted by Gasteiger charge is 1.98. The molecule has 0 aliphatic rings. The van der Waals surface area contributed by atoms with Crippen molar-refractivity contribution in [3.63, 3.8) is 0 Å². The zero-order valence-corrected chi connectivity index (χ0v) is 12.2. The molecule has 1 nitrogen and oxygen atoms in total. The lowest BCUT2D eigenvalue weighted by molar-refractivity contribution is 0.317. The summed E-state index contributed by atoms with van der Waals surface area (Å²) in [4.78, 5) is 2.49. The fourth-order valence-electron chi connectivity index (χ4n) is 2.28. The Morgan fingerprint density at radius 1 is 0.833 bits per heavy atom. The molecule has 0 aliphatic carbocycles. The maximum atomic E-state index is 2.49. The van der Waals surface area contributed by atoms with Crippen LogP contribution in [0.2, 0.25) is 0 Å². The Morgan fingerprint density at radius 2 is 1.50 bits per heavy atom. The van der Waals surface area contributed by atoms with Crippen molar-refractivity contribution < 1.29 is 0 Å². The summed E-state index contributed by atoms with van der Waals surface area (Å²) >= 11 is 0. The Labute approximate surface area is 113 Å². The number of aryl methyl sites for hydroxylation is 1. The van der Waals surface area contributed by atoms with Crippen molar-refractivity contribution in [2.45, 2.75) is 51.9 Å². The molecule has 0 saturated heterocycles. The monoisotopic (exact) mass is 247 g/mol. The highest BCUT2D eigenvalue weighted by atomic mass is 15.1. The molecule has 1 aromatic rings. The minimum Gasteiger partial charge on any atom is -0.306 e. The number of hydrogen-bond acceptors (Lipinski definition) is 1. The molecule has 0 unspecified atom stereocenters. The van der Waals surface area contributed by atoms with E-state index >= 15 is 0 Å². The minimum absolute atomic E-state index is 1.23. The van der Waals surface area contributed by atoms with Crippen LogP contribution in [0.4, 0.5) is 0 Å². The molecule has 0 fully saturated rings. The van der Waals surface area contributed by atoms with Crippen molar-refractivity contribution in [2.75, 3.05) is 20.1 Å². The molecule has 0 spiro atoms. The smallest absolute Gasteiger partial charge is 0.00217 e. The van der Waals surface area contributed by atoms with Gasteiger partial charge in [-0.3, -0.25) is 0 Å². The lowest BCUT2D eigenvalue weighted by Gasteiger charge is -2.16. The van der Waals surface area contributed by atoms with Gasteiger partial charge in [0.1, 0.15) is 0 Å². The van der Waals surface area contributed by atoms with E-state index in [4.69, 9.17) is 0 Å². The van der Waals surface area contributed by atoms with Crippen LogP contribution in [-0.4, -0.2) is 25.0 Å². The normalized spacial score (nSPS) is 11.1. The molecule has 0 N–H and O–H groups in total. The Balaban J connectivity index is 1.97. The first-order chi connectivity index (χ1) is 8.83. The van der Waals surface area contributed by atoms with E-state index in [9.17, 15) is 0 Å². The summed E-state index contributed by atoms with van der Waals surface area (Å²) in [5.41, 5.74) is 1.48. The minimum atomic E-state index is 1.23. The van der Waals surface area contributed by atoms with Crippen LogP contribution in [0, 0.1) is 0 Å². The van der Waals surface area contributed by atoms with Gasteiger partial charge < -0.3 is 4.90 Å². The van der Waals surface area contributed by atoms with E-state index < -0.39 is 0 Å². The van der Waals surface area contributed by atoms with Crippen LogP contribution in [0.1, 0.15) is 51.0 Å². The highest BCUT2D eigenvalue weighted by Crippen LogP contribution is 2.06. The third-order valence-corrected chi connectivity index (χ3v) is 3.49. The molecule has 18 heavy (non-hydrogen) atoms. The SMILES string of the molecule is CCCCCCN(C)CCCCc1ccccc1. The van der Waals surface area contributed by atoms with E-state index in [1.54, 1.807) is 0 Å². The summed E-state index contributed by atoms with van der Waals surface area (Å²) in [6, 6.07) is 10.8. The van der Waals surface area contributed by atoms with Gasteiger partial charge in [0.05, 0.1) is 0 Å². The molecule has 0 heterocycles. The molecule has 0 aromatic heterocycles. The van der Waals surface area contributed by atoms with Gasteiger partial charge >= 0.3 is 0 Å². The second-order valence-electron chi connectivity index (χ2n) is 5.31. The second kappa shape index (κ2) is 10.1. The highest BCUT2D eigenvalue weighted by molar-refractivity contribution is 5.14. The van der Waals surface area contributed by atoms with E-state index in [0.29, 0.717) is 0 Å². The fraction of sp³-hybridized carbons (Fsp3) is 0.647. The maximum Gasteiger partial charge on any atom is -0.00217 e. The van der Waals surface area contributed by atoms with Crippen molar-refractivity contribution in [1.29, 1.82) is 0 Å². The maximum absolute atomic E-state index is 2.49. The van der Waals surface area contributed by atoms with E-state index in [0.717, 1.165) is 0 Å². The molecule has 0 atom stereocenters. The summed E-state index contributed by atoms with van der Waals surface area (Å²) in [7, 11) is 2.26. The van der Waals surface area contributed by atoms with Crippen molar-refractivity contribution in [1.82, 2.24) is 4.90 Å². The molecular weight excluding hydrogens is 218 g/mol. The number of unbranched alkanes of at least 4 members (excludes halogenated alkanes) is 4. The third kappa shape index (κ3) is 7.50. The molecule has 1 rings (SSSR count). The van der Waals surface area contributed by atoms with Gasteiger partial charge in [0.2, 0.25) is 0 Å². The number of rotatable bonds is 10. The predicted molar refractivity (Wildman–Crippen MR) is 81.0 cm³/mol. The van der Waals surface area contributed by atoms with Crippen molar-refractivity contribution in [3.8, 4) is 0 Å². The number of benzene rings is 1. The van der Waals surface area contributed by atoms with Crippen LogP contribution in [-0.2, 0) is 6.42 Å². The second-order valence-corrected chi connectivity index (χ2v) is 5.31. The van der Waals surface area contributed by atoms with Crippen molar-refractivity contribution in [3.05, 3.63) is 35.9 Å². The van der Waals surface area contributed by atoms with Crippen LogP contribution < -0.4 is 0 Å². The summed E-state index contributed by atoms with van der Waals surface area (Å²) in [5, 5.41) is 0. The molecule has 0 amide bonds. The number of nitrogens with zero attached hydrogens (tertiary/aromatic N) is 1. The lowest BCUT2D eigenvalue weighted by Crippen LogP contribution is -2.21. The zero-order chi connectivity index (χ0) is 13.1. The molecule has 102 valence electrons. The standard InChI is InChI=1S/C17H29N/c1-3-4-5-10-15-18(2)16-11-9-14-17-12-7-6-8-13-17/h6-8,12-13H,3-5,9-11,14-16H2,1-2H3. The first-order valence-electron chi connectivity index (χ1n) is 7.55. The summed E-state index contributed by atoms with van der Waals surface area (Å²) < 4.78 is 0. The molecule has 0 radical (unpaired) electrons. The van der Waals surface area contributed by atoms with Gasteiger partial charge in [-0.15, -0.1) is 0 Å². The Hall–Kier alpha value is -0.820. The molecule has 0 saturated carbocycles. The van der Waals surface area contributed by atoms with E-state index in [1.165, 1.54) is 63.6 Å². The first kappa shape index (κ1) is 15.2. The fourth-order valence-corrected chi connectivity index (χ4v) is 2.28. The molecule has 1 aromatic carbocycles. The summed E-state index contributed by atoms with van der Waals surface area (Å²) in [6.45, 7) is 4.79. The van der Waals surface area contributed by atoms with Crippen molar-refractivity contribution >= 4 is 0 Å². The van der Waals surface area contributed by atoms with Gasteiger partial charge in [0, 0.05) is 0 Å². The lowest BCUT2D eigenvalue weighted by atomic mass is 10.1. The van der Waals surface area contributed by atoms with Gasteiger partial charge in [0.25, 0.3) is 0 Å². The Morgan fingerprint density at radius 3 is 2.17 bits per heavy atom. The van der Waals surface area contributed by atoms with E-state index in [2.05, 4.69) is 49.2 Å². The van der Waals surface area contributed by atoms with E-state index in [-0.39, 0.29) is 0 Å². The van der Waals surface area contributed by atoms with Crippen LogP contribution in [0.5, 0.6) is 0 Å². The number of hydrogen-bond donors (Lipinski definition) is 0. The first-order valence-corrected chi connectivity index (χ1v) is 7.55. The van der Waals surface area contributed by atoms with Gasteiger partial charge in [-0.2, -0.15) is 0 Å². The zero-order valence-electron chi connectivity index (χ0n) is 12.2. The summed E-state index contributed by atoms with van der Waals surface area (Å²) in [6.07, 6.45) is 9.34.